The molecule has 0 bridgehead atoms. The summed E-state index contributed by atoms with van der Waals surface area (Å²) in [6, 6.07) is 17.3. The summed E-state index contributed by atoms with van der Waals surface area (Å²) in [7, 11) is 1.67. The molecule has 1 saturated carbocycles. The van der Waals surface area contributed by atoms with E-state index in [0.29, 0.717) is 42.3 Å². The van der Waals surface area contributed by atoms with Crippen molar-refractivity contribution in [3.05, 3.63) is 71.4 Å². The van der Waals surface area contributed by atoms with Gasteiger partial charge < -0.3 is 20.7 Å². The van der Waals surface area contributed by atoms with Gasteiger partial charge in [-0.3, -0.25) is 9.59 Å². The summed E-state index contributed by atoms with van der Waals surface area (Å²) in [5, 5.41) is 13.8. The van der Waals surface area contributed by atoms with E-state index in [1.54, 1.807) is 11.6 Å². The molecule has 0 spiro atoms. The quantitative estimate of drug-likeness (QED) is 0.445. The summed E-state index contributed by atoms with van der Waals surface area (Å²) < 4.78 is 1.58. The van der Waals surface area contributed by atoms with Crippen molar-refractivity contribution in [1.82, 2.24) is 9.88 Å². The minimum Gasteiger partial charge on any atom is -0.477 e. The highest BCUT2D eigenvalue weighted by Gasteiger charge is 2.53. The molecule has 0 saturated heterocycles. The summed E-state index contributed by atoms with van der Waals surface area (Å²) in [5.41, 5.74) is 6.94. The third kappa shape index (κ3) is 4.06. The lowest BCUT2D eigenvalue weighted by atomic mass is 9.60. The van der Waals surface area contributed by atoms with Gasteiger partial charge in [0.15, 0.2) is 0 Å². The average molecular weight is 462 g/mol. The largest absolute Gasteiger partial charge is 0.477 e. The van der Waals surface area contributed by atoms with Crippen LogP contribution >= 0.6 is 0 Å². The predicted molar refractivity (Wildman–Crippen MR) is 130 cm³/mol. The maximum Gasteiger partial charge on any atom is 0.352 e. The highest BCUT2D eigenvalue weighted by molar-refractivity contribution is 6.05. The molecule has 1 aliphatic carbocycles. The molecule has 0 aliphatic heterocycles. The lowest BCUT2D eigenvalue weighted by Crippen LogP contribution is -2.55. The van der Waals surface area contributed by atoms with Crippen LogP contribution in [0.25, 0.3) is 10.9 Å². The Morgan fingerprint density at radius 2 is 1.79 bits per heavy atom. The first-order valence-corrected chi connectivity index (χ1v) is 11.8. The molecule has 3 aromatic rings. The number of nitrogens with one attached hydrogen (secondary N) is 1. The number of nitrogens with two attached hydrogens (primary N) is 1. The van der Waals surface area contributed by atoms with Crippen LogP contribution in [-0.2, 0) is 28.5 Å². The summed E-state index contributed by atoms with van der Waals surface area (Å²) in [6.45, 7) is 0.473. The van der Waals surface area contributed by atoms with Crippen LogP contribution in [0.1, 0.15) is 53.7 Å². The van der Waals surface area contributed by atoms with Gasteiger partial charge in [-0.05, 0) is 37.3 Å². The van der Waals surface area contributed by atoms with Gasteiger partial charge in [-0.25, -0.2) is 4.79 Å². The zero-order valence-electron chi connectivity index (χ0n) is 19.4. The molecule has 2 aromatic carbocycles. The molecule has 34 heavy (non-hydrogen) atoms. The fraction of sp³-hybridized carbons (Fsp3) is 0.370. The first kappa shape index (κ1) is 23.5. The van der Waals surface area contributed by atoms with Crippen LogP contribution in [0, 0.1) is 5.92 Å². The first-order chi connectivity index (χ1) is 16.4. The highest BCUT2D eigenvalue weighted by atomic mass is 16.4. The molecule has 4 N–H and O–H groups in total. The van der Waals surface area contributed by atoms with Gasteiger partial charge in [-0.1, -0.05) is 61.4 Å². The van der Waals surface area contributed by atoms with Crippen molar-refractivity contribution in [3.63, 3.8) is 0 Å². The molecular weight excluding hydrogens is 430 g/mol. The van der Waals surface area contributed by atoms with Gasteiger partial charge in [-0.15, -0.1) is 0 Å². The number of carbonyl (C=O) groups is 3. The summed E-state index contributed by atoms with van der Waals surface area (Å²) >= 11 is 0. The van der Waals surface area contributed by atoms with Crippen LogP contribution in [0.3, 0.4) is 0 Å². The standard InChI is InChI=1S/C27H31N3O4/c1-30-21-15-6-5-13-19(21)22(23(30)25(32)33)27(26(28)34)16-8-7-14-20(27)24(31)29-17-9-12-18-10-3-2-4-11-18/h2-6,10-11,13,15,20H,7-9,12,14,16-17H2,1H3,(H2,28,34)(H,29,31)(H,32,33)/t20-,27-/m0/s1. The van der Waals surface area contributed by atoms with Crippen LogP contribution in [0.15, 0.2) is 54.6 Å². The van der Waals surface area contributed by atoms with Crippen molar-refractivity contribution < 1.29 is 19.5 Å². The van der Waals surface area contributed by atoms with Crippen molar-refractivity contribution in [2.45, 2.75) is 43.9 Å². The number of hydrogen-bond donors (Lipinski definition) is 3. The molecule has 4 rings (SSSR count). The molecule has 7 nitrogen and oxygen atoms in total. The maximum atomic E-state index is 13.5. The fourth-order valence-electron chi connectivity index (χ4n) is 5.61. The minimum absolute atomic E-state index is 0.0174. The second kappa shape index (κ2) is 9.71. The van der Waals surface area contributed by atoms with Crippen LogP contribution in [0.4, 0.5) is 0 Å². The smallest absolute Gasteiger partial charge is 0.352 e. The van der Waals surface area contributed by atoms with E-state index in [9.17, 15) is 19.5 Å². The molecule has 1 fully saturated rings. The van der Waals surface area contributed by atoms with Crippen LogP contribution in [0.2, 0.25) is 0 Å². The third-order valence-corrected chi connectivity index (χ3v) is 7.20. The minimum atomic E-state index is -1.38. The summed E-state index contributed by atoms with van der Waals surface area (Å²) in [5.74, 6) is -2.74. The maximum absolute atomic E-state index is 13.5. The number of aromatic carboxylic acids is 1. The van der Waals surface area contributed by atoms with Gasteiger partial charge in [0, 0.05) is 30.1 Å². The number of nitrogens with zero attached hydrogens (tertiary/aromatic N) is 1. The van der Waals surface area contributed by atoms with E-state index in [1.165, 1.54) is 5.56 Å². The van der Waals surface area contributed by atoms with Gasteiger partial charge in [0.25, 0.3) is 0 Å². The number of amides is 2. The number of primary amides is 1. The Labute approximate surface area is 198 Å². The Bertz CT molecular complexity index is 1220. The Morgan fingerprint density at radius 3 is 2.50 bits per heavy atom. The number of rotatable bonds is 8. The van der Waals surface area contributed by atoms with Crippen molar-refractivity contribution >= 4 is 28.7 Å². The fourth-order valence-corrected chi connectivity index (χ4v) is 5.61. The second-order valence-corrected chi connectivity index (χ2v) is 9.12. The molecular formula is C27H31N3O4. The van der Waals surface area contributed by atoms with Crippen molar-refractivity contribution in [2.75, 3.05) is 6.54 Å². The lowest BCUT2D eigenvalue weighted by Gasteiger charge is -2.41. The van der Waals surface area contributed by atoms with E-state index in [2.05, 4.69) is 17.4 Å². The number of aromatic nitrogens is 1. The molecule has 1 aliphatic rings. The Balaban J connectivity index is 1.69. The molecule has 1 aromatic heterocycles. The molecule has 7 heteroatoms. The van der Waals surface area contributed by atoms with E-state index < -0.39 is 23.2 Å². The van der Waals surface area contributed by atoms with E-state index in [0.717, 1.165) is 19.3 Å². The monoisotopic (exact) mass is 461 g/mol. The van der Waals surface area contributed by atoms with Gasteiger partial charge in [0.1, 0.15) is 5.69 Å². The van der Waals surface area contributed by atoms with E-state index in [-0.39, 0.29) is 11.6 Å². The van der Waals surface area contributed by atoms with Gasteiger partial charge in [0.2, 0.25) is 11.8 Å². The molecule has 2 amide bonds. The number of carbonyl (C=O) groups excluding carboxylic acids is 2. The van der Waals surface area contributed by atoms with Gasteiger partial charge >= 0.3 is 5.97 Å². The third-order valence-electron chi connectivity index (χ3n) is 7.20. The Morgan fingerprint density at radius 1 is 1.09 bits per heavy atom. The molecule has 0 radical (unpaired) electrons. The second-order valence-electron chi connectivity index (χ2n) is 9.12. The number of aryl methyl sites for hydroxylation is 2. The number of fused-ring (bicyclic) bond motifs is 1. The Kier molecular flexibility index (Phi) is 6.72. The zero-order valence-corrected chi connectivity index (χ0v) is 19.4. The normalized spacial score (nSPS) is 20.2. The van der Waals surface area contributed by atoms with Crippen molar-refractivity contribution in [3.8, 4) is 0 Å². The highest BCUT2D eigenvalue weighted by Crippen LogP contribution is 2.48. The zero-order chi connectivity index (χ0) is 24.3. The lowest BCUT2D eigenvalue weighted by molar-refractivity contribution is -0.137. The van der Waals surface area contributed by atoms with E-state index in [1.807, 2.05) is 42.5 Å². The number of benzene rings is 2. The van der Waals surface area contributed by atoms with Crippen molar-refractivity contribution in [1.29, 1.82) is 0 Å². The molecule has 0 unspecified atom stereocenters. The number of carboxylic acid groups (broad SMARTS) is 1. The molecule has 2 atom stereocenters. The van der Waals surface area contributed by atoms with Gasteiger partial charge in [0.05, 0.1) is 11.3 Å². The van der Waals surface area contributed by atoms with Crippen LogP contribution < -0.4 is 11.1 Å². The summed E-state index contributed by atoms with van der Waals surface area (Å²) in [6.07, 6.45) is 3.90. The Hall–Kier alpha value is -3.61. The summed E-state index contributed by atoms with van der Waals surface area (Å²) in [4.78, 5) is 39.0. The molecule has 1 heterocycles. The van der Waals surface area contributed by atoms with Crippen LogP contribution in [0.5, 0.6) is 0 Å². The number of para-hydroxylation sites is 1. The number of carboxylic acids is 1. The number of hydrogen-bond acceptors (Lipinski definition) is 3. The van der Waals surface area contributed by atoms with Crippen LogP contribution in [-0.4, -0.2) is 34.0 Å². The van der Waals surface area contributed by atoms with E-state index >= 15 is 0 Å². The first-order valence-electron chi connectivity index (χ1n) is 11.8. The van der Waals surface area contributed by atoms with E-state index in [4.69, 9.17) is 5.73 Å². The van der Waals surface area contributed by atoms with Crippen molar-refractivity contribution in [2.24, 2.45) is 18.7 Å². The van der Waals surface area contributed by atoms with Gasteiger partial charge in [-0.2, -0.15) is 0 Å². The average Bonchev–Trinajstić information content (AvgIpc) is 3.15. The predicted octanol–water partition coefficient (Wildman–Crippen LogP) is 3.54. The topological polar surface area (TPSA) is 114 Å². The SMILES string of the molecule is Cn1c(C(=O)O)c([C@]2(C(N)=O)CCCC[C@H]2C(=O)NCCCc2ccccc2)c2ccccc21. The molecule has 178 valence electrons.